The minimum atomic E-state index is -5.62. The molecular weight excluding hydrogens is 547 g/mol. The molecular formula is C20H13ClF3N5O3S3. The number of anilines is 3. The van der Waals surface area contributed by atoms with Gasteiger partial charge in [0.15, 0.2) is 10.2 Å². The maximum absolute atomic E-state index is 13.3. The van der Waals surface area contributed by atoms with Gasteiger partial charge in [0.2, 0.25) is 5.69 Å². The number of carbonyl (C=O) groups is 1. The van der Waals surface area contributed by atoms with Crippen LogP contribution < -0.4 is 14.5 Å². The quantitative estimate of drug-likeness (QED) is 0.327. The summed E-state index contributed by atoms with van der Waals surface area (Å²) in [5.74, 6) is -0.369. The fourth-order valence-electron chi connectivity index (χ4n) is 3.45. The molecule has 0 atom stereocenters. The summed E-state index contributed by atoms with van der Waals surface area (Å²) in [5.41, 5.74) is -5.43. The first kappa shape index (κ1) is 25.1. The van der Waals surface area contributed by atoms with E-state index in [4.69, 9.17) is 30.4 Å². The Balaban J connectivity index is 1.72. The molecule has 1 aliphatic heterocycles. The van der Waals surface area contributed by atoms with Crippen molar-refractivity contribution in [2.45, 2.75) is 24.9 Å². The minimum Gasteiger partial charge on any atom is -0.303 e. The number of fused-ring (bicyclic) bond motifs is 1. The van der Waals surface area contributed by atoms with Gasteiger partial charge in [0, 0.05) is 10.7 Å². The van der Waals surface area contributed by atoms with Crippen molar-refractivity contribution >= 4 is 88.6 Å². The Kier molecular flexibility index (Phi) is 5.95. The first-order chi connectivity index (χ1) is 16.2. The van der Waals surface area contributed by atoms with Gasteiger partial charge in [0.1, 0.15) is 5.54 Å². The molecule has 0 unspecified atom stereocenters. The number of thiazole rings is 1. The summed E-state index contributed by atoms with van der Waals surface area (Å²) >= 11 is 12.5. The first-order valence-electron chi connectivity index (χ1n) is 9.53. The molecule has 3 aromatic rings. The van der Waals surface area contributed by atoms with Crippen LogP contribution in [0.25, 0.3) is 15.1 Å². The van der Waals surface area contributed by atoms with Gasteiger partial charge in [-0.25, -0.2) is 9.83 Å². The molecule has 8 nitrogen and oxygen atoms in total. The number of sulfonamides is 1. The van der Waals surface area contributed by atoms with Gasteiger partial charge in [-0.15, -0.1) is 0 Å². The van der Waals surface area contributed by atoms with Gasteiger partial charge >= 0.3 is 15.5 Å². The first-order valence-corrected chi connectivity index (χ1v) is 12.6. The van der Waals surface area contributed by atoms with Crippen molar-refractivity contribution in [2.75, 3.05) is 14.5 Å². The van der Waals surface area contributed by atoms with Gasteiger partial charge in [-0.05, 0) is 56.4 Å². The second kappa shape index (κ2) is 8.30. The number of nitrogens with zero attached hydrogens (tertiary/aromatic N) is 4. The Bertz CT molecular complexity index is 1550. The van der Waals surface area contributed by atoms with Crippen LogP contribution in [0.5, 0.6) is 0 Å². The minimum absolute atomic E-state index is 0.110. The van der Waals surface area contributed by atoms with Gasteiger partial charge < -0.3 is 4.90 Å². The second-order valence-corrected chi connectivity index (χ2v) is 11.3. The lowest BCUT2D eigenvalue weighted by Crippen LogP contribution is -2.44. The van der Waals surface area contributed by atoms with Crippen LogP contribution in [0.15, 0.2) is 36.4 Å². The van der Waals surface area contributed by atoms with Gasteiger partial charge in [0.05, 0.1) is 22.5 Å². The number of alkyl halides is 3. The van der Waals surface area contributed by atoms with Crippen LogP contribution in [0.1, 0.15) is 13.8 Å². The lowest BCUT2D eigenvalue weighted by atomic mass is 10.0. The highest BCUT2D eigenvalue weighted by Crippen LogP contribution is 2.40. The maximum Gasteiger partial charge on any atom is 0.516 e. The zero-order valence-corrected chi connectivity index (χ0v) is 20.9. The second-order valence-electron chi connectivity index (χ2n) is 7.79. The molecule has 0 aliphatic carbocycles. The predicted molar refractivity (Wildman–Crippen MR) is 133 cm³/mol. The van der Waals surface area contributed by atoms with E-state index in [-0.39, 0.29) is 27.2 Å². The highest BCUT2D eigenvalue weighted by Gasteiger charge is 2.50. The average Bonchev–Trinajstić information content (AvgIpc) is 3.21. The topological polar surface area (TPSA) is 87.0 Å². The van der Waals surface area contributed by atoms with Crippen molar-refractivity contribution in [3.05, 3.63) is 52.8 Å². The molecule has 182 valence electrons. The average molecular weight is 560 g/mol. The molecule has 1 amide bonds. The van der Waals surface area contributed by atoms with Crippen LogP contribution >= 0.6 is 35.2 Å². The van der Waals surface area contributed by atoms with Crippen molar-refractivity contribution in [1.29, 1.82) is 0 Å². The summed E-state index contributed by atoms with van der Waals surface area (Å²) in [4.78, 5) is 23.4. The van der Waals surface area contributed by atoms with E-state index < -0.39 is 26.2 Å². The number of thiocarbonyl (C=S) groups is 1. The highest BCUT2D eigenvalue weighted by molar-refractivity contribution is 7.93. The zero-order valence-electron chi connectivity index (χ0n) is 17.7. The number of rotatable bonds is 4. The lowest BCUT2D eigenvalue weighted by Gasteiger charge is -2.29. The van der Waals surface area contributed by atoms with Gasteiger partial charge in [0.25, 0.3) is 5.91 Å². The number of benzene rings is 2. The third-order valence-electron chi connectivity index (χ3n) is 5.13. The molecule has 0 saturated carbocycles. The number of aromatic nitrogens is 1. The standard InChI is InChI=1S/C20H13ClF3N5O3S3/c1-19(2)16(30)28(10-4-6-13(25-3)12(21)8-10)18(33)29(19)11-5-7-15-14(9-11)26-17(34-15)27-35(31,32)20(22,23)24/h4-9H,1-2H3,(H,26,27). The van der Waals surface area contributed by atoms with E-state index in [9.17, 15) is 26.4 Å². The molecule has 1 saturated heterocycles. The molecule has 4 rings (SSSR count). The molecule has 2 heterocycles. The molecule has 15 heteroatoms. The third-order valence-corrected chi connectivity index (χ3v) is 7.95. The number of amides is 1. The van der Waals surface area contributed by atoms with Crippen molar-refractivity contribution in [3.8, 4) is 0 Å². The molecule has 0 bridgehead atoms. The summed E-state index contributed by atoms with van der Waals surface area (Å²) in [5, 5.41) is -0.189. The Hall–Kier alpha value is -2.99. The molecule has 1 aliphatic rings. The van der Waals surface area contributed by atoms with Crippen LogP contribution in [-0.4, -0.2) is 35.5 Å². The van der Waals surface area contributed by atoms with E-state index >= 15 is 0 Å². The van der Waals surface area contributed by atoms with E-state index in [0.29, 0.717) is 16.1 Å². The van der Waals surface area contributed by atoms with Gasteiger partial charge in [-0.3, -0.25) is 14.4 Å². The van der Waals surface area contributed by atoms with Crippen molar-refractivity contribution in [3.63, 3.8) is 0 Å². The van der Waals surface area contributed by atoms with E-state index in [1.165, 1.54) is 27.8 Å². The fraction of sp³-hybridized carbons (Fsp3) is 0.200. The van der Waals surface area contributed by atoms with E-state index in [2.05, 4.69) is 9.83 Å². The number of halogens is 4. The third kappa shape index (κ3) is 4.18. The van der Waals surface area contributed by atoms with Crippen molar-refractivity contribution in [1.82, 2.24) is 4.98 Å². The van der Waals surface area contributed by atoms with E-state index in [0.717, 1.165) is 11.3 Å². The van der Waals surface area contributed by atoms with Crippen LogP contribution in [0.2, 0.25) is 5.02 Å². The Morgan fingerprint density at radius 3 is 2.46 bits per heavy atom. The molecule has 35 heavy (non-hydrogen) atoms. The van der Waals surface area contributed by atoms with Gasteiger partial charge in [-0.2, -0.15) is 21.6 Å². The number of hydrogen-bond donors (Lipinski definition) is 1. The normalized spacial score (nSPS) is 16.1. The summed E-state index contributed by atoms with van der Waals surface area (Å²) in [6.07, 6.45) is 0. The van der Waals surface area contributed by atoms with Gasteiger partial charge in [-0.1, -0.05) is 29.0 Å². The smallest absolute Gasteiger partial charge is 0.303 e. The Morgan fingerprint density at radius 2 is 1.86 bits per heavy atom. The highest BCUT2D eigenvalue weighted by atomic mass is 35.5. The van der Waals surface area contributed by atoms with Crippen LogP contribution in [0.4, 0.5) is 35.4 Å². The summed E-state index contributed by atoms with van der Waals surface area (Å²) in [6.45, 7) is 10.4. The van der Waals surface area contributed by atoms with E-state index in [1.807, 2.05) is 0 Å². The van der Waals surface area contributed by atoms with E-state index in [1.54, 1.807) is 36.9 Å². The number of nitrogens with one attached hydrogen (secondary N) is 1. The number of hydrogen-bond acceptors (Lipinski definition) is 6. The molecule has 0 spiro atoms. The predicted octanol–water partition coefficient (Wildman–Crippen LogP) is 5.68. The zero-order chi connectivity index (χ0) is 25.9. The molecule has 2 aromatic carbocycles. The van der Waals surface area contributed by atoms with Crippen molar-refractivity contribution < 1.29 is 26.4 Å². The number of carbonyl (C=O) groups excluding carboxylic acids is 1. The summed E-state index contributed by atoms with van der Waals surface area (Å²) in [7, 11) is -5.62. The maximum atomic E-state index is 13.3. The lowest BCUT2D eigenvalue weighted by molar-refractivity contribution is -0.120. The monoisotopic (exact) mass is 559 g/mol. The molecule has 1 aromatic heterocycles. The molecule has 0 radical (unpaired) electrons. The summed E-state index contributed by atoms with van der Waals surface area (Å²) < 4.78 is 62.8. The Morgan fingerprint density at radius 1 is 1.20 bits per heavy atom. The summed E-state index contributed by atoms with van der Waals surface area (Å²) in [6, 6.07) is 9.12. The largest absolute Gasteiger partial charge is 0.516 e. The molecule has 1 fully saturated rings. The molecule has 1 N–H and O–H groups in total. The van der Waals surface area contributed by atoms with Crippen LogP contribution in [0, 0.1) is 6.57 Å². The SMILES string of the molecule is [C-]#[N+]c1ccc(N2C(=O)C(C)(C)N(c3ccc4sc(NS(=O)(=O)C(F)(F)F)nc4c3)C2=S)cc1Cl. The fourth-order valence-corrected chi connectivity index (χ4v) is 5.78. The Labute approximate surface area is 211 Å². The van der Waals surface area contributed by atoms with Crippen LogP contribution in [-0.2, 0) is 14.8 Å². The van der Waals surface area contributed by atoms with Crippen LogP contribution in [0.3, 0.4) is 0 Å². The van der Waals surface area contributed by atoms with Crippen molar-refractivity contribution in [2.24, 2.45) is 0 Å².